The highest BCUT2D eigenvalue weighted by Gasteiger charge is 2.31. The molecule has 2 aliphatic heterocycles. The SMILES string of the molecule is COC1CNC(CN(C)C2CCOC2C)C1. The molecule has 0 radical (unpaired) electrons. The van der Waals surface area contributed by atoms with Crippen molar-refractivity contribution in [3.05, 3.63) is 0 Å². The van der Waals surface area contributed by atoms with Gasteiger partial charge < -0.3 is 14.8 Å². The van der Waals surface area contributed by atoms with Crippen molar-refractivity contribution in [2.75, 3.05) is 33.9 Å². The number of likely N-dealkylation sites (N-methyl/N-ethyl adjacent to an activating group) is 1. The quantitative estimate of drug-likeness (QED) is 0.758. The number of nitrogens with zero attached hydrogens (tertiary/aromatic N) is 1. The van der Waals surface area contributed by atoms with Crippen LogP contribution in [0.25, 0.3) is 0 Å². The molecule has 0 amide bonds. The minimum atomic E-state index is 0.379. The van der Waals surface area contributed by atoms with E-state index < -0.39 is 0 Å². The van der Waals surface area contributed by atoms with E-state index in [0.717, 1.165) is 32.5 Å². The van der Waals surface area contributed by atoms with Gasteiger partial charge in [0.15, 0.2) is 0 Å². The fraction of sp³-hybridized carbons (Fsp3) is 1.00. The monoisotopic (exact) mass is 228 g/mol. The highest BCUT2D eigenvalue weighted by Crippen LogP contribution is 2.19. The van der Waals surface area contributed by atoms with Crippen LogP contribution < -0.4 is 5.32 Å². The summed E-state index contributed by atoms with van der Waals surface area (Å²) >= 11 is 0. The third kappa shape index (κ3) is 2.74. The van der Waals surface area contributed by atoms with Crippen molar-refractivity contribution in [3.8, 4) is 0 Å². The van der Waals surface area contributed by atoms with E-state index in [1.807, 2.05) is 0 Å². The zero-order valence-corrected chi connectivity index (χ0v) is 10.6. The highest BCUT2D eigenvalue weighted by atomic mass is 16.5. The Balaban J connectivity index is 1.77. The van der Waals surface area contributed by atoms with Crippen LogP contribution in [0.2, 0.25) is 0 Å². The van der Waals surface area contributed by atoms with Crippen LogP contribution in [-0.2, 0) is 9.47 Å². The molecule has 0 aromatic carbocycles. The van der Waals surface area contributed by atoms with Crippen LogP contribution in [0.3, 0.4) is 0 Å². The summed E-state index contributed by atoms with van der Waals surface area (Å²) < 4.78 is 11.0. The molecule has 2 heterocycles. The van der Waals surface area contributed by atoms with Gasteiger partial charge in [-0.2, -0.15) is 0 Å². The van der Waals surface area contributed by atoms with E-state index in [-0.39, 0.29) is 0 Å². The van der Waals surface area contributed by atoms with Crippen molar-refractivity contribution in [1.82, 2.24) is 10.2 Å². The van der Waals surface area contributed by atoms with Gasteiger partial charge in [-0.25, -0.2) is 0 Å². The molecule has 0 spiro atoms. The van der Waals surface area contributed by atoms with Crippen LogP contribution in [-0.4, -0.2) is 63.0 Å². The van der Waals surface area contributed by atoms with Gasteiger partial charge in [0, 0.05) is 38.9 Å². The molecule has 1 N–H and O–H groups in total. The molecule has 4 nitrogen and oxygen atoms in total. The standard InChI is InChI=1S/C12H24N2O2/c1-9-12(4-5-16-9)14(2)8-10-6-11(15-3)7-13-10/h9-13H,4-8H2,1-3H3. The van der Waals surface area contributed by atoms with E-state index in [1.165, 1.54) is 0 Å². The van der Waals surface area contributed by atoms with E-state index in [4.69, 9.17) is 9.47 Å². The molecule has 4 atom stereocenters. The van der Waals surface area contributed by atoms with E-state index >= 15 is 0 Å². The summed E-state index contributed by atoms with van der Waals surface area (Å²) in [5.74, 6) is 0. The Hall–Kier alpha value is -0.160. The van der Waals surface area contributed by atoms with E-state index in [0.29, 0.717) is 24.3 Å². The van der Waals surface area contributed by atoms with E-state index in [2.05, 4.69) is 24.2 Å². The topological polar surface area (TPSA) is 33.7 Å². The van der Waals surface area contributed by atoms with Crippen molar-refractivity contribution in [2.24, 2.45) is 0 Å². The van der Waals surface area contributed by atoms with E-state index in [9.17, 15) is 0 Å². The molecule has 4 heteroatoms. The summed E-state index contributed by atoms with van der Waals surface area (Å²) in [5, 5.41) is 3.52. The summed E-state index contributed by atoms with van der Waals surface area (Å²) in [6.45, 7) is 5.17. The first kappa shape index (κ1) is 12.3. The normalized spacial score (nSPS) is 39.8. The lowest BCUT2D eigenvalue weighted by Gasteiger charge is -2.29. The molecule has 94 valence electrons. The van der Waals surface area contributed by atoms with E-state index in [1.54, 1.807) is 7.11 Å². The van der Waals surface area contributed by atoms with Gasteiger partial charge >= 0.3 is 0 Å². The molecule has 2 aliphatic rings. The summed E-state index contributed by atoms with van der Waals surface area (Å²) in [6.07, 6.45) is 3.07. The van der Waals surface area contributed by atoms with Crippen molar-refractivity contribution in [3.63, 3.8) is 0 Å². The lowest BCUT2D eigenvalue weighted by atomic mass is 10.1. The average Bonchev–Trinajstić information content (AvgIpc) is 2.86. The van der Waals surface area contributed by atoms with Crippen LogP contribution >= 0.6 is 0 Å². The smallest absolute Gasteiger partial charge is 0.0711 e. The number of nitrogens with one attached hydrogen (secondary N) is 1. The van der Waals surface area contributed by atoms with Crippen LogP contribution in [0.5, 0.6) is 0 Å². The zero-order valence-electron chi connectivity index (χ0n) is 10.6. The second-order valence-electron chi connectivity index (χ2n) is 5.07. The van der Waals surface area contributed by atoms with Crippen molar-refractivity contribution < 1.29 is 9.47 Å². The van der Waals surface area contributed by atoms with Crippen molar-refractivity contribution in [2.45, 2.75) is 44.1 Å². The van der Waals surface area contributed by atoms with Gasteiger partial charge in [0.2, 0.25) is 0 Å². The Morgan fingerprint density at radius 2 is 2.31 bits per heavy atom. The van der Waals surface area contributed by atoms with Gasteiger partial charge in [-0.3, -0.25) is 4.90 Å². The van der Waals surface area contributed by atoms with Gasteiger partial charge in [-0.05, 0) is 26.8 Å². The minimum absolute atomic E-state index is 0.379. The average molecular weight is 228 g/mol. The number of hydrogen-bond donors (Lipinski definition) is 1. The molecule has 2 rings (SSSR count). The summed E-state index contributed by atoms with van der Waals surface area (Å²) in [6, 6.07) is 1.16. The second kappa shape index (κ2) is 5.45. The third-order valence-electron chi connectivity index (χ3n) is 3.93. The largest absolute Gasteiger partial charge is 0.380 e. The zero-order chi connectivity index (χ0) is 11.5. The maximum atomic E-state index is 5.61. The molecular weight excluding hydrogens is 204 g/mol. The Labute approximate surface area is 98.3 Å². The minimum Gasteiger partial charge on any atom is -0.380 e. The van der Waals surface area contributed by atoms with Crippen LogP contribution in [0, 0.1) is 0 Å². The number of methoxy groups -OCH3 is 1. The van der Waals surface area contributed by atoms with Crippen LogP contribution in [0.4, 0.5) is 0 Å². The number of hydrogen-bond acceptors (Lipinski definition) is 4. The molecule has 16 heavy (non-hydrogen) atoms. The maximum absolute atomic E-state index is 5.61. The number of rotatable bonds is 4. The third-order valence-corrected chi connectivity index (χ3v) is 3.93. The Kier molecular flexibility index (Phi) is 4.19. The Bertz CT molecular complexity index is 225. The summed E-state index contributed by atoms with van der Waals surface area (Å²) in [4.78, 5) is 2.44. The van der Waals surface area contributed by atoms with Gasteiger partial charge in [-0.15, -0.1) is 0 Å². The Morgan fingerprint density at radius 1 is 1.50 bits per heavy atom. The lowest BCUT2D eigenvalue weighted by Crippen LogP contribution is -2.43. The maximum Gasteiger partial charge on any atom is 0.0711 e. The molecule has 0 saturated carbocycles. The molecule has 0 aromatic heterocycles. The number of ether oxygens (including phenoxy) is 2. The predicted molar refractivity (Wildman–Crippen MR) is 63.7 cm³/mol. The van der Waals surface area contributed by atoms with Gasteiger partial charge in [0.25, 0.3) is 0 Å². The lowest BCUT2D eigenvalue weighted by molar-refractivity contribution is 0.0793. The first-order valence-electron chi connectivity index (χ1n) is 6.28. The molecule has 0 aliphatic carbocycles. The summed E-state index contributed by atoms with van der Waals surface area (Å²) in [5.41, 5.74) is 0. The fourth-order valence-corrected chi connectivity index (χ4v) is 2.88. The highest BCUT2D eigenvalue weighted by molar-refractivity contribution is 4.87. The van der Waals surface area contributed by atoms with Crippen LogP contribution in [0.15, 0.2) is 0 Å². The van der Waals surface area contributed by atoms with Crippen molar-refractivity contribution in [1.29, 1.82) is 0 Å². The van der Waals surface area contributed by atoms with Crippen molar-refractivity contribution >= 4 is 0 Å². The van der Waals surface area contributed by atoms with Gasteiger partial charge in [0.05, 0.1) is 12.2 Å². The fourth-order valence-electron chi connectivity index (χ4n) is 2.88. The molecule has 2 fully saturated rings. The molecular formula is C12H24N2O2. The summed E-state index contributed by atoms with van der Waals surface area (Å²) in [7, 11) is 4.00. The molecule has 4 unspecified atom stereocenters. The predicted octanol–water partition coefficient (Wildman–Crippen LogP) is 0.473. The van der Waals surface area contributed by atoms with Gasteiger partial charge in [-0.1, -0.05) is 0 Å². The first-order valence-corrected chi connectivity index (χ1v) is 6.28. The molecule has 0 bridgehead atoms. The Morgan fingerprint density at radius 3 is 2.88 bits per heavy atom. The first-order chi connectivity index (χ1) is 7.70. The van der Waals surface area contributed by atoms with Crippen LogP contribution in [0.1, 0.15) is 19.8 Å². The second-order valence-corrected chi connectivity index (χ2v) is 5.07. The molecule has 0 aromatic rings. The molecule has 2 saturated heterocycles. The van der Waals surface area contributed by atoms with Gasteiger partial charge in [0.1, 0.15) is 0 Å².